The van der Waals surface area contributed by atoms with Crippen LogP contribution in [0, 0.1) is 17.7 Å². The number of halogens is 1. The minimum Gasteiger partial charge on any atom is -0.385 e. The molecule has 2 fully saturated rings. The maximum Gasteiger partial charge on any atom is 0.123 e. The van der Waals surface area contributed by atoms with Gasteiger partial charge in [-0.1, -0.05) is 57.2 Å². The average Bonchev–Trinajstić information content (AvgIpc) is 3.15. The molecule has 2 nitrogen and oxygen atoms in total. The molecule has 2 aromatic carbocycles. The molecule has 1 saturated carbocycles. The molecule has 1 aliphatic carbocycles. The fourth-order valence-electron chi connectivity index (χ4n) is 5.13. The van der Waals surface area contributed by atoms with Crippen LogP contribution >= 0.6 is 0 Å². The second kappa shape index (κ2) is 7.27. The van der Waals surface area contributed by atoms with Crippen molar-refractivity contribution in [1.82, 2.24) is 4.90 Å². The molecule has 4 rings (SSSR count). The van der Waals surface area contributed by atoms with Gasteiger partial charge in [0.05, 0.1) is 5.60 Å². The summed E-state index contributed by atoms with van der Waals surface area (Å²) < 4.78 is 13.4. The van der Waals surface area contributed by atoms with Crippen molar-refractivity contribution in [3.8, 4) is 0 Å². The molecule has 3 heteroatoms. The van der Waals surface area contributed by atoms with Gasteiger partial charge in [-0.25, -0.2) is 4.39 Å². The summed E-state index contributed by atoms with van der Waals surface area (Å²) in [4.78, 5) is 2.49. The third-order valence-corrected chi connectivity index (χ3v) is 6.75. The lowest BCUT2D eigenvalue weighted by molar-refractivity contribution is 0.0314. The normalized spacial score (nSPS) is 27.9. The minimum atomic E-state index is -0.680. The van der Waals surface area contributed by atoms with Crippen LogP contribution in [0.4, 0.5) is 4.39 Å². The van der Waals surface area contributed by atoms with Crippen molar-refractivity contribution in [3.63, 3.8) is 0 Å². The number of aliphatic hydroxyl groups is 1. The van der Waals surface area contributed by atoms with Crippen molar-refractivity contribution in [2.24, 2.45) is 11.8 Å². The largest absolute Gasteiger partial charge is 0.385 e. The van der Waals surface area contributed by atoms with Crippen molar-refractivity contribution >= 4 is 0 Å². The Morgan fingerprint density at radius 2 is 1.68 bits per heavy atom. The first kappa shape index (κ1) is 19.6. The highest BCUT2D eigenvalue weighted by molar-refractivity contribution is 5.32. The summed E-state index contributed by atoms with van der Waals surface area (Å²) >= 11 is 0. The van der Waals surface area contributed by atoms with E-state index in [0.29, 0.717) is 11.8 Å². The molecule has 1 N–H and O–H groups in total. The monoisotopic (exact) mass is 381 g/mol. The van der Waals surface area contributed by atoms with Gasteiger partial charge in [-0.2, -0.15) is 0 Å². The van der Waals surface area contributed by atoms with Crippen LogP contribution in [0.2, 0.25) is 0 Å². The topological polar surface area (TPSA) is 23.5 Å². The zero-order valence-corrected chi connectivity index (χ0v) is 17.3. The molecule has 1 unspecified atom stereocenters. The average molecular weight is 382 g/mol. The lowest BCUT2D eigenvalue weighted by atomic mass is 9.84. The van der Waals surface area contributed by atoms with E-state index in [9.17, 15) is 9.50 Å². The van der Waals surface area contributed by atoms with E-state index in [1.54, 1.807) is 12.1 Å². The molecular weight excluding hydrogens is 349 g/mol. The molecule has 1 heterocycles. The lowest BCUT2D eigenvalue weighted by Crippen LogP contribution is -2.29. The van der Waals surface area contributed by atoms with Gasteiger partial charge in [0.15, 0.2) is 0 Å². The van der Waals surface area contributed by atoms with Crippen LogP contribution in [0.25, 0.3) is 0 Å². The molecule has 0 amide bonds. The van der Waals surface area contributed by atoms with Gasteiger partial charge < -0.3 is 10.0 Å². The number of benzene rings is 2. The van der Waals surface area contributed by atoms with Gasteiger partial charge in [0.1, 0.15) is 5.82 Å². The summed E-state index contributed by atoms with van der Waals surface area (Å²) in [6.07, 6.45) is 2.59. The number of hydrogen-bond donors (Lipinski definition) is 1. The molecule has 150 valence electrons. The SMILES string of the molecule is CC(C)(C)c1ccc(C2(O)C[C@H]3CN(CCc4cccc(F)c4)C[C@H]3C2)cc1. The Morgan fingerprint density at radius 1 is 1.04 bits per heavy atom. The van der Waals surface area contributed by atoms with Gasteiger partial charge in [0.2, 0.25) is 0 Å². The van der Waals surface area contributed by atoms with E-state index < -0.39 is 5.60 Å². The predicted octanol–water partition coefficient (Wildman–Crippen LogP) is 4.90. The van der Waals surface area contributed by atoms with E-state index in [-0.39, 0.29) is 11.2 Å². The number of fused-ring (bicyclic) bond motifs is 1. The highest BCUT2D eigenvalue weighted by Gasteiger charge is 2.48. The van der Waals surface area contributed by atoms with Crippen molar-refractivity contribution in [1.29, 1.82) is 0 Å². The van der Waals surface area contributed by atoms with E-state index in [2.05, 4.69) is 49.9 Å². The van der Waals surface area contributed by atoms with Crippen molar-refractivity contribution in [2.45, 2.75) is 51.0 Å². The van der Waals surface area contributed by atoms with Gasteiger partial charge in [0, 0.05) is 19.6 Å². The Hall–Kier alpha value is -1.71. The maximum absolute atomic E-state index is 13.4. The van der Waals surface area contributed by atoms with Crippen LogP contribution in [0.3, 0.4) is 0 Å². The van der Waals surface area contributed by atoms with Crippen molar-refractivity contribution < 1.29 is 9.50 Å². The lowest BCUT2D eigenvalue weighted by Gasteiger charge is -2.27. The summed E-state index contributed by atoms with van der Waals surface area (Å²) in [5.74, 6) is 0.956. The predicted molar refractivity (Wildman–Crippen MR) is 112 cm³/mol. The Kier molecular flexibility index (Phi) is 5.09. The number of nitrogens with zero attached hydrogens (tertiary/aromatic N) is 1. The molecule has 0 spiro atoms. The smallest absolute Gasteiger partial charge is 0.123 e. The van der Waals surface area contributed by atoms with Crippen LogP contribution in [0.1, 0.15) is 50.3 Å². The summed E-state index contributed by atoms with van der Waals surface area (Å²) in [5, 5.41) is 11.3. The third kappa shape index (κ3) is 4.01. The van der Waals surface area contributed by atoms with Crippen LogP contribution in [0.5, 0.6) is 0 Å². The van der Waals surface area contributed by atoms with Crippen LogP contribution in [-0.4, -0.2) is 29.6 Å². The van der Waals surface area contributed by atoms with Crippen molar-refractivity contribution in [2.75, 3.05) is 19.6 Å². The van der Waals surface area contributed by atoms with Gasteiger partial charge in [-0.15, -0.1) is 0 Å². The first-order chi connectivity index (χ1) is 13.2. The summed E-state index contributed by atoms with van der Waals surface area (Å²) in [5.41, 5.74) is 2.89. The Morgan fingerprint density at radius 3 is 2.25 bits per heavy atom. The molecule has 2 aromatic rings. The highest BCUT2D eigenvalue weighted by atomic mass is 19.1. The molecule has 0 bridgehead atoms. The van der Waals surface area contributed by atoms with E-state index in [4.69, 9.17) is 0 Å². The number of hydrogen-bond acceptors (Lipinski definition) is 2. The quantitative estimate of drug-likeness (QED) is 0.815. The second-order valence-corrected chi connectivity index (χ2v) is 9.93. The van der Waals surface area contributed by atoms with Gasteiger partial charge in [-0.3, -0.25) is 0 Å². The highest BCUT2D eigenvalue weighted by Crippen LogP contribution is 2.49. The first-order valence-electron chi connectivity index (χ1n) is 10.5. The molecule has 2 aliphatic rings. The van der Waals surface area contributed by atoms with Crippen LogP contribution in [-0.2, 0) is 17.4 Å². The fourth-order valence-corrected chi connectivity index (χ4v) is 5.13. The molecule has 3 atom stereocenters. The van der Waals surface area contributed by atoms with E-state index >= 15 is 0 Å². The summed E-state index contributed by atoms with van der Waals surface area (Å²) in [6, 6.07) is 15.5. The molecule has 28 heavy (non-hydrogen) atoms. The molecule has 0 radical (unpaired) electrons. The summed E-state index contributed by atoms with van der Waals surface area (Å²) in [7, 11) is 0. The third-order valence-electron chi connectivity index (χ3n) is 6.75. The van der Waals surface area contributed by atoms with Crippen LogP contribution in [0.15, 0.2) is 48.5 Å². The van der Waals surface area contributed by atoms with E-state index in [1.165, 1.54) is 11.6 Å². The molecular formula is C25H32FNO. The van der Waals surface area contributed by atoms with E-state index in [0.717, 1.165) is 50.0 Å². The molecule has 1 aliphatic heterocycles. The maximum atomic E-state index is 13.4. The first-order valence-corrected chi connectivity index (χ1v) is 10.5. The second-order valence-electron chi connectivity index (χ2n) is 9.93. The number of rotatable bonds is 4. The Labute approximate surface area is 168 Å². The van der Waals surface area contributed by atoms with Gasteiger partial charge in [0.25, 0.3) is 0 Å². The Balaban J connectivity index is 1.35. The fraction of sp³-hybridized carbons (Fsp3) is 0.520. The van der Waals surface area contributed by atoms with Crippen molar-refractivity contribution in [3.05, 3.63) is 71.0 Å². The zero-order valence-electron chi connectivity index (χ0n) is 17.3. The zero-order chi connectivity index (χ0) is 19.9. The standard InChI is InChI=1S/C25H32FNO/c1-24(2,3)21-7-9-22(10-8-21)25(28)14-19-16-27(17-20(19)15-25)12-11-18-5-4-6-23(26)13-18/h4-10,13,19-20,28H,11-12,14-17H2,1-3H3/t19-,20+,25?. The van der Waals surface area contributed by atoms with Gasteiger partial charge in [-0.05, 0) is 65.3 Å². The number of likely N-dealkylation sites (tertiary alicyclic amines) is 1. The van der Waals surface area contributed by atoms with Gasteiger partial charge >= 0.3 is 0 Å². The van der Waals surface area contributed by atoms with Crippen LogP contribution < -0.4 is 0 Å². The van der Waals surface area contributed by atoms with E-state index in [1.807, 2.05) is 6.07 Å². The molecule has 1 saturated heterocycles. The Bertz CT molecular complexity index is 809. The minimum absolute atomic E-state index is 0.134. The summed E-state index contributed by atoms with van der Waals surface area (Å²) in [6.45, 7) is 9.71. The molecule has 0 aromatic heterocycles.